The van der Waals surface area contributed by atoms with Crippen molar-refractivity contribution in [1.29, 1.82) is 0 Å². The van der Waals surface area contributed by atoms with Crippen LogP contribution in [0.25, 0.3) is 0 Å². The van der Waals surface area contributed by atoms with Crippen molar-refractivity contribution in [2.45, 2.75) is 47.0 Å². The first kappa shape index (κ1) is 10.6. The van der Waals surface area contributed by atoms with Crippen LogP contribution in [0.5, 0.6) is 0 Å². The van der Waals surface area contributed by atoms with Crippen LogP contribution in [0, 0.1) is 10.8 Å². The molecule has 0 bridgehead atoms. The third kappa shape index (κ3) is 1.60. The Morgan fingerprint density at radius 1 is 0.900 bits per heavy atom. The van der Waals surface area contributed by atoms with Crippen molar-refractivity contribution in [3.05, 3.63) is 0 Å². The minimum atomic E-state index is 0. The van der Waals surface area contributed by atoms with Gasteiger partial charge in [0.05, 0.1) is 0 Å². The molecule has 1 saturated carbocycles. The van der Waals surface area contributed by atoms with E-state index in [0.717, 1.165) is 0 Å². The van der Waals surface area contributed by atoms with Crippen LogP contribution in [-0.4, -0.2) is 0 Å². The molecule has 1 rings (SSSR count). The van der Waals surface area contributed by atoms with Gasteiger partial charge in [-0.05, 0) is 23.7 Å². The van der Waals surface area contributed by atoms with Crippen molar-refractivity contribution in [3.63, 3.8) is 0 Å². The Kier molecular flexibility index (Phi) is 3.09. The standard InChI is InChI=1S/C9H18.Li.H/c1-8(2)6-5-7-9(8,3)4;;/h5-7H2,1-4H3;;/q;+1;-1. The molecular weight excluding hydrogens is 115 g/mol. The zero-order valence-electron chi connectivity index (χ0n) is 9.12. The van der Waals surface area contributed by atoms with Crippen molar-refractivity contribution in [2.75, 3.05) is 0 Å². The Labute approximate surface area is 78.4 Å². The maximum absolute atomic E-state index is 2.39. The molecule has 0 spiro atoms. The van der Waals surface area contributed by atoms with E-state index in [4.69, 9.17) is 0 Å². The Bertz CT molecular complexity index is 105. The smallest absolute Gasteiger partial charge is 1.00 e. The molecule has 0 aromatic heterocycles. The fourth-order valence-electron chi connectivity index (χ4n) is 1.65. The Morgan fingerprint density at radius 2 is 1.20 bits per heavy atom. The molecule has 0 atom stereocenters. The monoisotopic (exact) mass is 134 g/mol. The second-order valence-electron chi connectivity index (χ2n) is 4.62. The van der Waals surface area contributed by atoms with E-state index in [1.165, 1.54) is 19.3 Å². The van der Waals surface area contributed by atoms with Crippen LogP contribution in [0.15, 0.2) is 0 Å². The first-order valence-corrected chi connectivity index (χ1v) is 3.96. The molecule has 0 N–H and O–H groups in total. The van der Waals surface area contributed by atoms with Gasteiger partial charge in [0.25, 0.3) is 0 Å². The van der Waals surface area contributed by atoms with E-state index in [2.05, 4.69) is 27.7 Å². The van der Waals surface area contributed by atoms with E-state index in [1.54, 1.807) is 0 Å². The molecule has 1 aliphatic rings. The van der Waals surface area contributed by atoms with Crippen LogP contribution >= 0.6 is 0 Å². The second-order valence-corrected chi connectivity index (χ2v) is 4.62. The maximum Gasteiger partial charge on any atom is 1.00 e. The van der Waals surface area contributed by atoms with E-state index < -0.39 is 0 Å². The summed E-state index contributed by atoms with van der Waals surface area (Å²) >= 11 is 0. The van der Waals surface area contributed by atoms with Gasteiger partial charge in [0.1, 0.15) is 0 Å². The summed E-state index contributed by atoms with van der Waals surface area (Å²) < 4.78 is 0. The molecule has 0 heterocycles. The van der Waals surface area contributed by atoms with Crippen LogP contribution in [0.3, 0.4) is 0 Å². The van der Waals surface area contributed by atoms with Gasteiger partial charge in [-0.2, -0.15) is 0 Å². The molecule has 1 heteroatoms. The van der Waals surface area contributed by atoms with Gasteiger partial charge in [-0.3, -0.25) is 0 Å². The van der Waals surface area contributed by atoms with Crippen LogP contribution in [0.2, 0.25) is 0 Å². The zero-order valence-corrected chi connectivity index (χ0v) is 8.12. The summed E-state index contributed by atoms with van der Waals surface area (Å²) in [4.78, 5) is 0. The Morgan fingerprint density at radius 3 is 1.30 bits per heavy atom. The molecule has 0 aromatic carbocycles. The summed E-state index contributed by atoms with van der Waals surface area (Å²) in [5, 5.41) is 0. The summed E-state index contributed by atoms with van der Waals surface area (Å²) in [6.45, 7) is 9.56. The van der Waals surface area contributed by atoms with Gasteiger partial charge >= 0.3 is 18.9 Å². The normalized spacial score (nSPS) is 27.6. The molecule has 56 valence electrons. The van der Waals surface area contributed by atoms with Crippen LogP contribution in [0.4, 0.5) is 0 Å². The average molecular weight is 134 g/mol. The van der Waals surface area contributed by atoms with Crippen LogP contribution < -0.4 is 18.9 Å². The minimum absolute atomic E-state index is 0. The molecule has 0 saturated heterocycles. The molecule has 0 aromatic rings. The van der Waals surface area contributed by atoms with Crippen LogP contribution in [0.1, 0.15) is 48.4 Å². The molecular formula is C9H19Li. The predicted octanol–water partition coefficient (Wildman–Crippen LogP) is 0.339. The van der Waals surface area contributed by atoms with Gasteiger partial charge < -0.3 is 1.43 Å². The third-order valence-electron chi connectivity index (χ3n) is 3.44. The van der Waals surface area contributed by atoms with Crippen molar-refractivity contribution < 1.29 is 20.3 Å². The molecule has 0 nitrogen and oxygen atoms in total. The predicted molar refractivity (Wildman–Crippen MR) is 42.5 cm³/mol. The Balaban J connectivity index is 0. The van der Waals surface area contributed by atoms with E-state index in [-0.39, 0.29) is 20.3 Å². The molecule has 0 radical (unpaired) electrons. The maximum atomic E-state index is 2.39. The van der Waals surface area contributed by atoms with Gasteiger partial charge in [0.15, 0.2) is 0 Å². The van der Waals surface area contributed by atoms with E-state index in [0.29, 0.717) is 10.8 Å². The van der Waals surface area contributed by atoms with Crippen molar-refractivity contribution in [1.82, 2.24) is 0 Å². The number of hydrogen-bond acceptors (Lipinski definition) is 0. The van der Waals surface area contributed by atoms with Crippen LogP contribution in [-0.2, 0) is 0 Å². The summed E-state index contributed by atoms with van der Waals surface area (Å²) in [5.74, 6) is 0. The van der Waals surface area contributed by atoms with Crippen molar-refractivity contribution in [2.24, 2.45) is 10.8 Å². The first-order chi connectivity index (χ1) is 3.96. The third-order valence-corrected chi connectivity index (χ3v) is 3.44. The summed E-state index contributed by atoms with van der Waals surface area (Å²) in [6.07, 6.45) is 4.26. The van der Waals surface area contributed by atoms with Crippen molar-refractivity contribution >= 4 is 0 Å². The average Bonchev–Trinajstić information content (AvgIpc) is 1.81. The molecule has 10 heavy (non-hydrogen) atoms. The van der Waals surface area contributed by atoms with Gasteiger partial charge in [-0.15, -0.1) is 0 Å². The first-order valence-electron chi connectivity index (χ1n) is 3.96. The van der Waals surface area contributed by atoms with Gasteiger partial charge in [0, 0.05) is 0 Å². The number of rotatable bonds is 0. The van der Waals surface area contributed by atoms with E-state index in [1.807, 2.05) is 0 Å². The van der Waals surface area contributed by atoms with E-state index >= 15 is 0 Å². The molecule has 0 aliphatic heterocycles. The fraction of sp³-hybridized carbons (Fsp3) is 1.00. The van der Waals surface area contributed by atoms with Gasteiger partial charge in [-0.1, -0.05) is 34.1 Å². The summed E-state index contributed by atoms with van der Waals surface area (Å²) in [6, 6.07) is 0. The molecule has 1 aliphatic carbocycles. The molecule has 0 amide bonds. The van der Waals surface area contributed by atoms with E-state index in [9.17, 15) is 0 Å². The number of hydrogen-bond donors (Lipinski definition) is 0. The largest absolute Gasteiger partial charge is 1.00 e. The van der Waals surface area contributed by atoms with Crippen molar-refractivity contribution in [3.8, 4) is 0 Å². The minimum Gasteiger partial charge on any atom is -1.00 e. The molecule has 0 unspecified atom stereocenters. The summed E-state index contributed by atoms with van der Waals surface area (Å²) in [7, 11) is 0. The zero-order chi connectivity index (χ0) is 7.12. The van der Waals surface area contributed by atoms with Gasteiger partial charge in [-0.25, -0.2) is 0 Å². The quantitative estimate of drug-likeness (QED) is 0.419. The summed E-state index contributed by atoms with van der Waals surface area (Å²) in [5.41, 5.74) is 1.18. The fourth-order valence-corrected chi connectivity index (χ4v) is 1.65. The topological polar surface area (TPSA) is 0 Å². The Hall–Kier alpha value is 0.597. The molecule has 1 fully saturated rings. The SMILES string of the molecule is CC1(C)CCCC1(C)C.[H-].[Li+]. The second kappa shape index (κ2) is 2.92. The van der Waals surface area contributed by atoms with Gasteiger partial charge in [0.2, 0.25) is 0 Å².